The fourth-order valence-corrected chi connectivity index (χ4v) is 1.24. The van der Waals surface area contributed by atoms with Crippen molar-refractivity contribution in [1.29, 1.82) is 0 Å². The van der Waals surface area contributed by atoms with E-state index in [1.54, 1.807) is 0 Å². The normalized spacial score (nSPS) is 11.5. The predicted octanol–water partition coefficient (Wildman–Crippen LogP) is 1.08. The second kappa shape index (κ2) is 6.58. The summed E-state index contributed by atoms with van der Waals surface area (Å²) in [5, 5.41) is 0. The minimum atomic E-state index is -0.451. The van der Waals surface area contributed by atoms with Crippen molar-refractivity contribution in [2.75, 3.05) is 6.61 Å². The highest BCUT2D eigenvalue weighted by Gasteiger charge is 2.06. The van der Waals surface area contributed by atoms with E-state index in [2.05, 4.69) is 9.98 Å². The fraction of sp³-hybridized carbons (Fsp3) is 0.333. The molecule has 19 heavy (non-hydrogen) atoms. The SMILES string of the molecule is CC(C)COc1ccc(F)cc1N=C(N)N=C(N)N. The average molecular weight is 267 g/mol. The summed E-state index contributed by atoms with van der Waals surface area (Å²) in [4.78, 5) is 7.48. The quantitative estimate of drug-likeness (QED) is 0.559. The Hall–Kier alpha value is -2.31. The zero-order chi connectivity index (χ0) is 14.4. The van der Waals surface area contributed by atoms with Crippen LogP contribution >= 0.6 is 0 Å². The molecule has 0 aromatic heterocycles. The van der Waals surface area contributed by atoms with Crippen LogP contribution in [0.25, 0.3) is 0 Å². The molecule has 1 aromatic carbocycles. The topological polar surface area (TPSA) is 112 Å². The van der Waals surface area contributed by atoms with E-state index in [-0.39, 0.29) is 17.6 Å². The van der Waals surface area contributed by atoms with Gasteiger partial charge in [0.15, 0.2) is 5.96 Å². The van der Waals surface area contributed by atoms with Gasteiger partial charge in [-0.1, -0.05) is 13.8 Å². The van der Waals surface area contributed by atoms with Crippen molar-refractivity contribution in [1.82, 2.24) is 0 Å². The van der Waals surface area contributed by atoms with Crippen LogP contribution in [0.5, 0.6) is 5.75 Å². The minimum absolute atomic E-state index is 0.167. The van der Waals surface area contributed by atoms with Gasteiger partial charge in [0.2, 0.25) is 5.96 Å². The molecule has 1 aromatic rings. The Balaban J connectivity index is 3.03. The lowest BCUT2D eigenvalue weighted by Gasteiger charge is -2.11. The van der Waals surface area contributed by atoms with Crippen LogP contribution in [0.2, 0.25) is 0 Å². The third-order valence-electron chi connectivity index (χ3n) is 1.97. The van der Waals surface area contributed by atoms with Crippen LogP contribution < -0.4 is 21.9 Å². The predicted molar refractivity (Wildman–Crippen MR) is 73.8 cm³/mol. The number of hydrogen-bond donors (Lipinski definition) is 3. The van der Waals surface area contributed by atoms with E-state index in [1.807, 2.05) is 13.8 Å². The van der Waals surface area contributed by atoms with E-state index in [0.29, 0.717) is 18.3 Å². The first kappa shape index (κ1) is 14.7. The molecule has 0 amide bonds. The van der Waals surface area contributed by atoms with Crippen LogP contribution in [0.3, 0.4) is 0 Å². The summed E-state index contributed by atoms with van der Waals surface area (Å²) in [6.45, 7) is 4.48. The number of nitrogens with zero attached hydrogens (tertiary/aromatic N) is 2. The summed E-state index contributed by atoms with van der Waals surface area (Å²) in [5.74, 6) is -0.0868. The molecule has 7 heteroatoms. The summed E-state index contributed by atoms with van der Waals surface area (Å²) in [5.41, 5.74) is 16.1. The molecule has 0 unspecified atom stereocenters. The Labute approximate surface area is 111 Å². The number of ether oxygens (including phenoxy) is 1. The molecule has 104 valence electrons. The van der Waals surface area contributed by atoms with Crippen molar-refractivity contribution in [3.63, 3.8) is 0 Å². The Morgan fingerprint density at radius 2 is 2.00 bits per heavy atom. The van der Waals surface area contributed by atoms with Gasteiger partial charge in [-0.15, -0.1) is 0 Å². The molecule has 0 saturated carbocycles. The standard InChI is InChI=1S/C12H18FN5O/c1-7(2)6-19-10-4-3-8(13)5-9(10)17-12(16)18-11(14)15/h3-5,7H,6H2,1-2H3,(H6,14,15,16,17,18). The third-order valence-corrected chi connectivity index (χ3v) is 1.97. The first-order valence-electron chi connectivity index (χ1n) is 5.74. The first-order chi connectivity index (χ1) is 8.88. The van der Waals surface area contributed by atoms with E-state index >= 15 is 0 Å². The van der Waals surface area contributed by atoms with Gasteiger partial charge in [-0.25, -0.2) is 9.38 Å². The Morgan fingerprint density at radius 1 is 1.32 bits per heavy atom. The zero-order valence-electron chi connectivity index (χ0n) is 10.9. The first-order valence-corrected chi connectivity index (χ1v) is 5.74. The van der Waals surface area contributed by atoms with Crippen LogP contribution in [-0.2, 0) is 0 Å². The maximum atomic E-state index is 13.2. The summed E-state index contributed by atoms with van der Waals surface area (Å²) < 4.78 is 18.7. The van der Waals surface area contributed by atoms with E-state index in [4.69, 9.17) is 21.9 Å². The van der Waals surface area contributed by atoms with Crippen LogP contribution in [0.15, 0.2) is 28.2 Å². The fourth-order valence-electron chi connectivity index (χ4n) is 1.24. The molecular formula is C12H18FN5O. The molecule has 0 aliphatic rings. The van der Waals surface area contributed by atoms with Gasteiger partial charge in [0.05, 0.1) is 6.61 Å². The van der Waals surface area contributed by atoms with Gasteiger partial charge in [0.25, 0.3) is 0 Å². The molecule has 0 saturated heterocycles. The highest BCUT2D eigenvalue weighted by atomic mass is 19.1. The number of aliphatic imine (C=N–C) groups is 2. The molecule has 0 fully saturated rings. The van der Waals surface area contributed by atoms with Crippen LogP contribution in [0.1, 0.15) is 13.8 Å². The van der Waals surface area contributed by atoms with Gasteiger partial charge < -0.3 is 21.9 Å². The number of rotatable bonds is 4. The molecule has 6 N–H and O–H groups in total. The number of benzene rings is 1. The van der Waals surface area contributed by atoms with Gasteiger partial charge >= 0.3 is 0 Å². The van der Waals surface area contributed by atoms with Crippen LogP contribution in [-0.4, -0.2) is 18.5 Å². The molecule has 6 nitrogen and oxygen atoms in total. The second-order valence-corrected chi connectivity index (χ2v) is 4.32. The molecular weight excluding hydrogens is 249 g/mol. The lowest BCUT2D eigenvalue weighted by Crippen LogP contribution is -2.26. The highest BCUT2D eigenvalue weighted by Crippen LogP contribution is 2.28. The third kappa shape index (κ3) is 5.24. The van der Waals surface area contributed by atoms with Gasteiger partial charge in [-0.2, -0.15) is 4.99 Å². The number of halogens is 1. The van der Waals surface area contributed by atoms with Crippen molar-refractivity contribution in [3.05, 3.63) is 24.0 Å². The zero-order valence-corrected chi connectivity index (χ0v) is 10.9. The number of guanidine groups is 2. The average Bonchev–Trinajstić information content (AvgIpc) is 2.26. The van der Waals surface area contributed by atoms with Crippen LogP contribution in [0, 0.1) is 11.7 Å². The monoisotopic (exact) mass is 267 g/mol. The molecule has 0 aliphatic heterocycles. The summed E-state index contributed by atoms with van der Waals surface area (Å²) in [6, 6.07) is 3.97. The van der Waals surface area contributed by atoms with Crippen molar-refractivity contribution < 1.29 is 9.13 Å². The summed E-state index contributed by atoms with van der Waals surface area (Å²) in [6.07, 6.45) is 0. The Morgan fingerprint density at radius 3 is 2.58 bits per heavy atom. The molecule has 0 radical (unpaired) electrons. The van der Waals surface area contributed by atoms with E-state index < -0.39 is 5.82 Å². The van der Waals surface area contributed by atoms with Gasteiger partial charge in [-0.05, 0) is 18.1 Å². The van der Waals surface area contributed by atoms with Crippen molar-refractivity contribution >= 4 is 17.6 Å². The number of hydrogen-bond acceptors (Lipinski definition) is 2. The smallest absolute Gasteiger partial charge is 0.223 e. The molecule has 0 aliphatic carbocycles. The van der Waals surface area contributed by atoms with E-state index in [9.17, 15) is 4.39 Å². The minimum Gasteiger partial charge on any atom is -0.491 e. The largest absolute Gasteiger partial charge is 0.491 e. The van der Waals surface area contributed by atoms with Crippen molar-refractivity contribution in [2.24, 2.45) is 33.1 Å². The second-order valence-electron chi connectivity index (χ2n) is 4.32. The molecule has 0 heterocycles. The van der Waals surface area contributed by atoms with Crippen LogP contribution in [0.4, 0.5) is 10.1 Å². The van der Waals surface area contributed by atoms with Crippen molar-refractivity contribution in [3.8, 4) is 5.75 Å². The summed E-state index contributed by atoms with van der Waals surface area (Å²) in [7, 11) is 0. The molecule has 0 atom stereocenters. The summed E-state index contributed by atoms with van der Waals surface area (Å²) >= 11 is 0. The Bertz CT molecular complexity index is 495. The lowest BCUT2D eigenvalue weighted by molar-refractivity contribution is 0.272. The van der Waals surface area contributed by atoms with Crippen molar-refractivity contribution in [2.45, 2.75) is 13.8 Å². The van der Waals surface area contributed by atoms with E-state index in [1.165, 1.54) is 18.2 Å². The molecule has 0 spiro atoms. The van der Waals surface area contributed by atoms with E-state index in [0.717, 1.165) is 0 Å². The maximum Gasteiger partial charge on any atom is 0.223 e. The van der Waals surface area contributed by atoms with Gasteiger partial charge in [-0.3, -0.25) is 0 Å². The van der Waals surface area contributed by atoms with Gasteiger partial charge in [0, 0.05) is 6.07 Å². The number of nitrogens with two attached hydrogens (primary N) is 3. The highest BCUT2D eigenvalue weighted by molar-refractivity contribution is 5.93. The molecule has 0 bridgehead atoms. The Kier molecular flexibility index (Phi) is 5.11. The lowest BCUT2D eigenvalue weighted by atomic mass is 10.2. The maximum absolute atomic E-state index is 13.2. The molecule has 1 rings (SSSR count). The van der Waals surface area contributed by atoms with Gasteiger partial charge in [0.1, 0.15) is 17.3 Å².